The molecule has 6 heteroatoms. The van der Waals surface area contributed by atoms with Gasteiger partial charge in [0.15, 0.2) is 0 Å². The molecule has 0 saturated heterocycles. The highest BCUT2D eigenvalue weighted by molar-refractivity contribution is 5.55. The number of pyridine rings is 1. The molecule has 6 nitrogen and oxygen atoms in total. The summed E-state index contributed by atoms with van der Waals surface area (Å²) in [6.45, 7) is 0. The zero-order valence-corrected chi connectivity index (χ0v) is 9.50. The van der Waals surface area contributed by atoms with Gasteiger partial charge in [-0.1, -0.05) is 12.8 Å². The Bertz CT molecular complexity index is 410. The van der Waals surface area contributed by atoms with Crippen molar-refractivity contribution in [2.45, 2.75) is 37.8 Å². The van der Waals surface area contributed by atoms with Gasteiger partial charge in [0.05, 0.1) is 4.92 Å². The van der Waals surface area contributed by atoms with Crippen LogP contribution in [-0.2, 0) is 0 Å². The van der Waals surface area contributed by atoms with E-state index in [1.165, 1.54) is 6.07 Å². The van der Waals surface area contributed by atoms with Gasteiger partial charge in [0.25, 0.3) is 0 Å². The normalized spacial score (nSPS) is 24.3. The van der Waals surface area contributed by atoms with E-state index in [0.717, 1.165) is 25.7 Å². The SMILES string of the molecule is N[C@H]1CCCC[C@@H]1Nc1ncccc1[N+](=O)[O-]. The molecule has 0 aromatic carbocycles. The second-order valence-corrected chi connectivity index (χ2v) is 4.33. The summed E-state index contributed by atoms with van der Waals surface area (Å²) < 4.78 is 0. The van der Waals surface area contributed by atoms with Gasteiger partial charge in [-0.3, -0.25) is 10.1 Å². The Balaban J connectivity index is 2.14. The minimum absolute atomic E-state index is 0.00488. The standard InChI is InChI=1S/C11H16N4O2/c12-8-4-1-2-5-9(8)14-11-10(15(16)17)6-3-7-13-11/h3,6-9H,1-2,4-5,12H2,(H,13,14)/t8-,9-/m0/s1. The van der Waals surface area contributed by atoms with Crippen molar-refractivity contribution in [1.82, 2.24) is 4.98 Å². The van der Waals surface area contributed by atoms with Crippen molar-refractivity contribution in [3.8, 4) is 0 Å². The van der Waals surface area contributed by atoms with Gasteiger partial charge in [0.2, 0.25) is 5.82 Å². The van der Waals surface area contributed by atoms with E-state index in [0.29, 0.717) is 5.82 Å². The summed E-state index contributed by atoms with van der Waals surface area (Å²) in [6.07, 6.45) is 5.67. The van der Waals surface area contributed by atoms with Gasteiger partial charge in [-0.2, -0.15) is 0 Å². The highest BCUT2D eigenvalue weighted by atomic mass is 16.6. The monoisotopic (exact) mass is 236 g/mol. The van der Waals surface area contributed by atoms with E-state index in [2.05, 4.69) is 10.3 Å². The fraction of sp³-hybridized carbons (Fsp3) is 0.545. The van der Waals surface area contributed by atoms with Crippen LogP contribution in [0.1, 0.15) is 25.7 Å². The smallest absolute Gasteiger partial charge is 0.311 e. The number of nitrogens with zero attached hydrogens (tertiary/aromatic N) is 2. The van der Waals surface area contributed by atoms with Crippen LogP contribution in [-0.4, -0.2) is 22.0 Å². The molecule has 1 aromatic heterocycles. The molecule has 1 saturated carbocycles. The number of nitrogens with one attached hydrogen (secondary N) is 1. The lowest BCUT2D eigenvalue weighted by Crippen LogP contribution is -2.42. The summed E-state index contributed by atoms with van der Waals surface area (Å²) in [4.78, 5) is 14.4. The van der Waals surface area contributed by atoms with Crippen LogP contribution in [0.3, 0.4) is 0 Å². The number of hydrogen-bond acceptors (Lipinski definition) is 5. The minimum atomic E-state index is -0.427. The number of nitrogens with two attached hydrogens (primary N) is 1. The molecule has 2 rings (SSSR count). The van der Waals surface area contributed by atoms with Crippen molar-refractivity contribution in [3.05, 3.63) is 28.4 Å². The second kappa shape index (κ2) is 5.09. The highest BCUT2D eigenvalue weighted by Crippen LogP contribution is 2.25. The van der Waals surface area contributed by atoms with Gasteiger partial charge >= 0.3 is 5.69 Å². The lowest BCUT2D eigenvalue weighted by Gasteiger charge is -2.29. The van der Waals surface area contributed by atoms with E-state index >= 15 is 0 Å². The van der Waals surface area contributed by atoms with Crippen LogP contribution in [0.4, 0.5) is 11.5 Å². The second-order valence-electron chi connectivity index (χ2n) is 4.33. The maximum atomic E-state index is 10.8. The van der Waals surface area contributed by atoms with E-state index in [-0.39, 0.29) is 17.8 Å². The van der Waals surface area contributed by atoms with Crippen molar-refractivity contribution in [2.24, 2.45) is 5.73 Å². The van der Waals surface area contributed by atoms with E-state index in [9.17, 15) is 10.1 Å². The molecule has 1 aliphatic rings. The first kappa shape index (κ1) is 11.8. The number of nitro groups is 1. The third-order valence-electron chi connectivity index (χ3n) is 3.12. The van der Waals surface area contributed by atoms with E-state index in [4.69, 9.17) is 5.73 Å². The van der Waals surface area contributed by atoms with Crippen LogP contribution < -0.4 is 11.1 Å². The van der Waals surface area contributed by atoms with Gasteiger partial charge in [-0.05, 0) is 18.9 Å². The van der Waals surface area contributed by atoms with Crippen molar-refractivity contribution < 1.29 is 4.92 Å². The Morgan fingerprint density at radius 3 is 2.94 bits per heavy atom. The molecule has 0 unspecified atom stereocenters. The van der Waals surface area contributed by atoms with Crippen molar-refractivity contribution in [1.29, 1.82) is 0 Å². The molecular formula is C11H16N4O2. The molecule has 1 aliphatic carbocycles. The zero-order valence-electron chi connectivity index (χ0n) is 9.50. The number of aromatic nitrogens is 1. The maximum Gasteiger partial charge on any atom is 0.311 e. The maximum absolute atomic E-state index is 10.8. The summed E-state index contributed by atoms with van der Waals surface area (Å²) >= 11 is 0. The van der Waals surface area contributed by atoms with Crippen LogP contribution in [0, 0.1) is 10.1 Å². The summed E-state index contributed by atoms with van der Waals surface area (Å²) in [5, 5.41) is 13.9. The third kappa shape index (κ3) is 2.71. The molecule has 1 heterocycles. The first-order valence-electron chi connectivity index (χ1n) is 5.80. The Morgan fingerprint density at radius 1 is 1.47 bits per heavy atom. The molecule has 0 aliphatic heterocycles. The average molecular weight is 236 g/mol. The Labute approximate surface area is 99.4 Å². The van der Waals surface area contributed by atoms with E-state index in [1.54, 1.807) is 12.3 Å². The topological polar surface area (TPSA) is 94.1 Å². The first-order chi connectivity index (χ1) is 8.18. The fourth-order valence-electron chi connectivity index (χ4n) is 2.17. The van der Waals surface area contributed by atoms with Gasteiger partial charge in [-0.15, -0.1) is 0 Å². The third-order valence-corrected chi connectivity index (χ3v) is 3.12. The molecule has 0 bridgehead atoms. The molecule has 0 spiro atoms. The predicted octanol–water partition coefficient (Wildman–Crippen LogP) is 1.67. The Hall–Kier alpha value is -1.69. The van der Waals surface area contributed by atoms with E-state index in [1.807, 2.05) is 0 Å². The van der Waals surface area contributed by atoms with Crippen molar-refractivity contribution in [3.63, 3.8) is 0 Å². The molecule has 17 heavy (non-hydrogen) atoms. The summed E-state index contributed by atoms with van der Waals surface area (Å²) in [5.41, 5.74) is 6.00. The number of hydrogen-bond donors (Lipinski definition) is 2. The first-order valence-corrected chi connectivity index (χ1v) is 5.80. The lowest BCUT2D eigenvalue weighted by molar-refractivity contribution is -0.384. The van der Waals surface area contributed by atoms with Crippen LogP contribution in [0.2, 0.25) is 0 Å². The summed E-state index contributed by atoms with van der Waals surface area (Å²) in [6, 6.07) is 3.14. The highest BCUT2D eigenvalue weighted by Gasteiger charge is 2.24. The van der Waals surface area contributed by atoms with Crippen LogP contribution in [0.5, 0.6) is 0 Å². The molecule has 1 aromatic rings. The molecular weight excluding hydrogens is 220 g/mol. The zero-order chi connectivity index (χ0) is 12.3. The summed E-state index contributed by atoms with van der Waals surface area (Å²) in [7, 11) is 0. The number of rotatable bonds is 3. The molecule has 92 valence electrons. The van der Waals surface area contributed by atoms with Crippen molar-refractivity contribution in [2.75, 3.05) is 5.32 Å². The Morgan fingerprint density at radius 2 is 2.24 bits per heavy atom. The number of anilines is 1. The van der Waals surface area contributed by atoms with Gasteiger partial charge < -0.3 is 11.1 Å². The van der Waals surface area contributed by atoms with Crippen LogP contribution in [0.15, 0.2) is 18.3 Å². The predicted molar refractivity (Wildman–Crippen MR) is 64.7 cm³/mol. The van der Waals surface area contributed by atoms with Gasteiger partial charge in [-0.25, -0.2) is 4.98 Å². The van der Waals surface area contributed by atoms with Gasteiger partial charge in [0, 0.05) is 24.3 Å². The van der Waals surface area contributed by atoms with E-state index < -0.39 is 4.92 Å². The molecule has 0 radical (unpaired) electrons. The molecule has 3 N–H and O–H groups in total. The minimum Gasteiger partial charge on any atom is -0.360 e. The fourth-order valence-corrected chi connectivity index (χ4v) is 2.17. The molecule has 0 amide bonds. The molecule has 1 fully saturated rings. The Kier molecular flexibility index (Phi) is 3.53. The van der Waals surface area contributed by atoms with Crippen molar-refractivity contribution >= 4 is 11.5 Å². The average Bonchev–Trinajstić information content (AvgIpc) is 2.32. The summed E-state index contributed by atoms with van der Waals surface area (Å²) in [5.74, 6) is 0.319. The van der Waals surface area contributed by atoms with Crippen LogP contribution in [0.25, 0.3) is 0 Å². The lowest BCUT2D eigenvalue weighted by atomic mass is 9.91. The van der Waals surface area contributed by atoms with Gasteiger partial charge in [0.1, 0.15) is 0 Å². The van der Waals surface area contributed by atoms with Crippen LogP contribution >= 0.6 is 0 Å². The molecule has 2 atom stereocenters. The largest absolute Gasteiger partial charge is 0.360 e. The quantitative estimate of drug-likeness (QED) is 0.615.